The number of likely N-dealkylation sites (tertiary alicyclic amines) is 1. The molecule has 1 rings (SSSR count). The molecule has 0 aliphatic carbocycles. The van der Waals surface area contributed by atoms with Crippen LogP contribution in [0.15, 0.2) is 0 Å². The van der Waals surface area contributed by atoms with E-state index >= 15 is 0 Å². The van der Waals surface area contributed by atoms with E-state index in [1.807, 2.05) is 13.8 Å². The third kappa shape index (κ3) is 2.52. The van der Waals surface area contributed by atoms with Crippen LogP contribution in [0.3, 0.4) is 0 Å². The molecule has 3 N–H and O–H groups in total. The van der Waals surface area contributed by atoms with Crippen LogP contribution in [0.5, 0.6) is 0 Å². The highest BCUT2D eigenvalue weighted by Gasteiger charge is 2.37. The number of hydrogen-bond acceptors (Lipinski definition) is 3. The fourth-order valence-electron chi connectivity index (χ4n) is 2.16. The fraction of sp³-hybridized carbons (Fsp3) is 0.818. The van der Waals surface area contributed by atoms with Crippen molar-refractivity contribution in [3.8, 4) is 0 Å². The average molecular weight is 228 g/mol. The second-order valence-electron chi connectivity index (χ2n) is 4.61. The summed E-state index contributed by atoms with van der Waals surface area (Å²) in [5.41, 5.74) is 5.57. The topological polar surface area (TPSA) is 83.6 Å². The Hall–Kier alpha value is -1.10. The van der Waals surface area contributed by atoms with Gasteiger partial charge >= 0.3 is 5.97 Å². The lowest BCUT2D eigenvalue weighted by Gasteiger charge is -2.27. The van der Waals surface area contributed by atoms with E-state index in [-0.39, 0.29) is 24.3 Å². The Morgan fingerprint density at radius 2 is 2.12 bits per heavy atom. The van der Waals surface area contributed by atoms with Crippen molar-refractivity contribution >= 4 is 11.9 Å². The monoisotopic (exact) mass is 228 g/mol. The first kappa shape index (κ1) is 13.0. The van der Waals surface area contributed by atoms with E-state index in [0.717, 1.165) is 6.42 Å². The molecule has 0 aromatic rings. The molecule has 0 aromatic carbocycles. The lowest BCUT2D eigenvalue weighted by molar-refractivity contribution is -0.150. The lowest BCUT2D eigenvalue weighted by Crippen LogP contribution is -2.46. The minimum Gasteiger partial charge on any atom is -0.480 e. The molecule has 16 heavy (non-hydrogen) atoms. The summed E-state index contributed by atoms with van der Waals surface area (Å²) in [6.07, 6.45) is 1.31. The summed E-state index contributed by atoms with van der Waals surface area (Å²) < 4.78 is 0. The Bertz CT molecular complexity index is 278. The molecular weight excluding hydrogens is 208 g/mol. The number of nitrogens with two attached hydrogens (primary N) is 1. The number of amides is 1. The van der Waals surface area contributed by atoms with Crippen LogP contribution >= 0.6 is 0 Å². The van der Waals surface area contributed by atoms with Gasteiger partial charge in [-0.05, 0) is 18.8 Å². The second kappa shape index (κ2) is 5.30. The van der Waals surface area contributed by atoms with Crippen LogP contribution in [0.2, 0.25) is 0 Å². The zero-order valence-corrected chi connectivity index (χ0v) is 9.85. The van der Waals surface area contributed by atoms with Gasteiger partial charge in [-0.1, -0.05) is 13.8 Å². The van der Waals surface area contributed by atoms with Crippen molar-refractivity contribution in [2.75, 3.05) is 13.1 Å². The molecule has 0 radical (unpaired) electrons. The summed E-state index contributed by atoms with van der Waals surface area (Å²) in [4.78, 5) is 24.6. The van der Waals surface area contributed by atoms with Crippen LogP contribution in [0.25, 0.3) is 0 Å². The standard InChI is InChI=1S/C11H20N2O3/c1-7(2)8(6-12)10(14)13-5-3-4-9(13)11(15)16/h7-9H,3-6,12H2,1-2H3,(H,15,16)/t8?,9-/m1/s1. The van der Waals surface area contributed by atoms with Gasteiger partial charge in [0, 0.05) is 13.1 Å². The van der Waals surface area contributed by atoms with E-state index in [1.54, 1.807) is 0 Å². The number of hydrogen-bond donors (Lipinski definition) is 2. The molecule has 5 heteroatoms. The third-order valence-electron chi connectivity index (χ3n) is 3.20. The summed E-state index contributed by atoms with van der Waals surface area (Å²) >= 11 is 0. The van der Waals surface area contributed by atoms with Gasteiger partial charge in [-0.3, -0.25) is 4.79 Å². The molecule has 1 saturated heterocycles. The summed E-state index contributed by atoms with van der Waals surface area (Å²) in [6.45, 7) is 4.68. The van der Waals surface area contributed by atoms with Crippen molar-refractivity contribution < 1.29 is 14.7 Å². The SMILES string of the molecule is CC(C)C(CN)C(=O)N1CCC[C@@H]1C(=O)O. The molecule has 5 nitrogen and oxygen atoms in total. The predicted octanol–water partition coefficient (Wildman–Crippen LogP) is 0.293. The predicted molar refractivity (Wildman–Crippen MR) is 59.8 cm³/mol. The van der Waals surface area contributed by atoms with Crippen molar-refractivity contribution in [1.29, 1.82) is 0 Å². The summed E-state index contributed by atoms with van der Waals surface area (Å²) in [7, 11) is 0. The van der Waals surface area contributed by atoms with Gasteiger partial charge in [0.15, 0.2) is 0 Å². The van der Waals surface area contributed by atoms with Crippen molar-refractivity contribution in [2.45, 2.75) is 32.7 Å². The largest absolute Gasteiger partial charge is 0.480 e. The van der Waals surface area contributed by atoms with Crippen LogP contribution in [-0.2, 0) is 9.59 Å². The van der Waals surface area contributed by atoms with Crippen LogP contribution in [0.4, 0.5) is 0 Å². The molecule has 1 unspecified atom stereocenters. The first-order valence-corrected chi connectivity index (χ1v) is 5.72. The highest BCUT2D eigenvalue weighted by molar-refractivity contribution is 5.86. The van der Waals surface area contributed by atoms with Gasteiger partial charge in [-0.15, -0.1) is 0 Å². The smallest absolute Gasteiger partial charge is 0.326 e. The van der Waals surface area contributed by atoms with Crippen molar-refractivity contribution in [2.24, 2.45) is 17.6 Å². The zero-order chi connectivity index (χ0) is 12.3. The second-order valence-corrected chi connectivity index (χ2v) is 4.61. The number of carboxylic acids is 1. The first-order valence-electron chi connectivity index (χ1n) is 5.72. The van der Waals surface area contributed by atoms with E-state index in [0.29, 0.717) is 13.0 Å². The Labute approximate surface area is 95.6 Å². The van der Waals surface area contributed by atoms with Crippen molar-refractivity contribution in [3.05, 3.63) is 0 Å². The molecule has 0 spiro atoms. The van der Waals surface area contributed by atoms with E-state index < -0.39 is 12.0 Å². The van der Waals surface area contributed by atoms with Crippen molar-refractivity contribution in [3.63, 3.8) is 0 Å². The van der Waals surface area contributed by atoms with Gasteiger partial charge in [0.2, 0.25) is 5.91 Å². The molecule has 92 valence electrons. The van der Waals surface area contributed by atoms with Crippen LogP contribution in [0, 0.1) is 11.8 Å². The molecule has 1 amide bonds. The maximum absolute atomic E-state index is 12.1. The highest BCUT2D eigenvalue weighted by atomic mass is 16.4. The van der Waals surface area contributed by atoms with E-state index in [1.165, 1.54) is 4.90 Å². The quantitative estimate of drug-likeness (QED) is 0.724. The molecule has 0 bridgehead atoms. The van der Waals surface area contributed by atoms with E-state index in [9.17, 15) is 9.59 Å². The molecule has 0 saturated carbocycles. The van der Waals surface area contributed by atoms with Gasteiger partial charge in [0.1, 0.15) is 6.04 Å². The maximum Gasteiger partial charge on any atom is 0.326 e. The minimum absolute atomic E-state index is 0.109. The Kier molecular flexibility index (Phi) is 4.29. The van der Waals surface area contributed by atoms with Crippen LogP contribution in [-0.4, -0.2) is 41.0 Å². The normalized spacial score (nSPS) is 22.5. The summed E-state index contributed by atoms with van der Waals surface area (Å²) in [5.74, 6) is -1.14. The molecule has 1 heterocycles. The van der Waals surface area contributed by atoms with Gasteiger partial charge in [-0.25, -0.2) is 4.79 Å². The molecule has 1 aliphatic rings. The van der Waals surface area contributed by atoms with Gasteiger partial charge < -0.3 is 15.7 Å². The van der Waals surface area contributed by atoms with Crippen LogP contribution in [0.1, 0.15) is 26.7 Å². The first-order chi connectivity index (χ1) is 7.49. The van der Waals surface area contributed by atoms with Crippen molar-refractivity contribution in [1.82, 2.24) is 4.90 Å². The van der Waals surface area contributed by atoms with Gasteiger partial charge in [-0.2, -0.15) is 0 Å². The Morgan fingerprint density at radius 3 is 2.56 bits per heavy atom. The highest BCUT2D eigenvalue weighted by Crippen LogP contribution is 2.22. The fourth-order valence-corrected chi connectivity index (χ4v) is 2.16. The number of carbonyl (C=O) groups is 2. The average Bonchev–Trinajstić information content (AvgIpc) is 2.65. The number of carboxylic acid groups (broad SMARTS) is 1. The molecule has 1 fully saturated rings. The Balaban J connectivity index is 2.75. The molecule has 1 aliphatic heterocycles. The van der Waals surface area contributed by atoms with E-state index in [2.05, 4.69) is 0 Å². The zero-order valence-electron chi connectivity index (χ0n) is 9.85. The molecule has 0 aromatic heterocycles. The maximum atomic E-state index is 12.1. The van der Waals surface area contributed by atoms with Gasteiger partial charge in [0.05, 0.1) is 5.92 Å². The third-order valence-corrected chi connectivity index (χ3v) is 3.20. The Morgan fingerprint density at radius 1 is 1.50 bits per heavy atom. The minimum atomic E-state index is -0.912. The summed E-state index contributed by atoms with van der Waals surface area (Å²) in [5, 5.41) is 9.00. The van der Waals surface area contributed by atoms with E-state index in [4.69, 9.17) is 10.8 Å². The number of rotatable bonds is 4. The molecular formula is C11H20N2O3. The van der Waals surface area contributed by atoms with Gasteiger partial charge in [0.25, 0.3) is 0 Å². The van der Waals surface area contributed by atoms with Crippen LogP contribution < -0.4 is 5.73 Å². The lowest BCUT2D eigenvalue weighted by atomic mass is 9.94. The summed E-state index contributed by atoms with van der Waals surface area (Å²) in [6, 6.07) is -0.653. The number of carbonyl (C=O) groups excluding carboxylic acids is 1. The number of aliphatic carboxylic acids is 1. The molecule has 2 atom stereocenters. The number of nitrogens with zero attached hydrogens (tertiary/aromatic N) is 1.